The molecule has 1 fully saturated rings. The van der Waals surface area contributed by atoms with E-state index in [2.05, 4.69) is 25.8 Å². The first kappa shape index (κ1) is 22.5. The summed E-state index contributed by atoms with van der Waals surface area (Å²) in [6, 6.07) is 13.9. The first-order chi connectivity index (χ1) is 15.8. The number of H-pyrrole nitrogens is 1. The minimum Gasteiger partial charge on any atom is -0.487 e. The molecule has 0 bridgehead atoms. The van der Waals surface area contributed by atoms with E-state index < -0.39 is 6.10 Å². The van der Waals surface area contributed by atoms with Crippen molar-refractivity contribution in [3.05, 3.63) is 58.5 Å². The Morgan fingerprint density at radius 2 is 1.97 bits per heavy atom. The number of nitrogens with one attached hydrogen (secondary N) is 1. The van der Waals surface area contributed by atoms with Gasteiger partial charge in [-0.05, 0) is 44.9 Å². The lowest BCUT2D eigenvalue weighted by atomic mass is 10.0. The maximum atomic E-state index is 12.5. The summed E-state index contributed by atoms with van der Waals surface area (Å²) in [5.41, 5.74) is 2.51. The highest BCUT2D eigenvalue weighted by Gasteiger charge is 2.41. The van der Waals surface area contributed by atoms with Crippen LogP contribution in [0.15, 0.2) is 47.3 Å². The molecular weight excluding hydrogens is 486 g/mol. The first-order valence-corrected chi connectivity index (χ1v) is 12.4. The Morgan fingerprint density at radius 1 is 1.21 bits per heavy atom. The number of halogens is 1. The van der Waals surface area contributed by atoms with Crippen LogP contribution in [0.2, 0.25) is 0 Å². The van der Waals surface area contributed by atoms with Crippen molar-refractivity contribution in [2.45, 2.75) is 49.3 Å². The van der Waals surface area contributed by atoms with Crippen LogP contribution in [-0.2, 0) is 0 Å². The molecule has 3 aromatic rings. The van der Waals surface area contributed by atoms with E-state index in [-0.39, 0.29) is 28.8 Å². The van der Waals surface area contributed by atoms with Crippen LogP contribution < -0.4 is 15.2 Å². The second-order valence-corrected chi connectivity index (χ2v) is 10.5. The van der Waals surface area contributed by atoms with Gasteiger partial charge < -0.3 is 24.5 Å². The van der Waals surface area contributed by atoms with Gasteiger partial charge in [-0.15, -0.1) is 0 Å². The highest BCUT2D eigenvalue weighted by atomic mass is 79.9. The molecule has 2 aliphatic rings. The Kier molecular flexibility index (Phi) is 6.01. The van der Waals surface area contributed by atoms with Crippen molar-refractivity contribution in [1.82, 2.24) is 14.5 Å². The zero-order valence-corrected chi connectivity index (χ0v) is 20.5. The van der Waals surface area contributed by atoms with Crippen molar-refractivity contribution >= 4 is 27.0 Å². The lowest BCUT2D eigenvalue weighted by Crippen LogP contribution is -2.42. The van der Waals surface area contributed by atoms with Crippen LogP contribution in [0.4, 0.5) is 0 Å². The maximum absolute atomic E-state index is 12.5. The number of hydrogen-bond acceptors (Lipinski definition) is 5. The van der Waals surface area contributed by atoms with E-state index >= 15 is 0 Å². The van der Waals surface area contributed by atoms with E-state index in [1.807, 2.05) is 60.9 Å². The normalized spacial score (nSPS) is 21.6. The van der Waals surface area contributed by atoms with Gasteiger partial charge in [-0.3, -0.25) is 4.57 Å². The van der Waals surface area contributed by atoms with Crippen LogP contribution >= 0.6 is 15.9 Å². The number of fused-ring (bicyclic) bond motifs is 2. The van der Waals surface area contributed by atoms with Gasteiger partial charge in [0.15, 0.2) is 11.5 Å². The summed E-state index contributed by atoms with van der Waals surface area (Å²) in [6.07, 6.45) is 1.14. The van der Waals surface area contributed by atoms with Crippen LogP contribution in [-0.4, -0.2) is 57.5 Å². The molecule has 1 saturated heterocycles. The number of aliphatic hydroxyl groups excluding tert-OH is 1. The Balaban J connectivity index is 1.16. The van der Waals surface area contributed by atoms with Gasteiger partial charge in [-0.1, -0.05) is 40.2 Å². The van der Waals surface area contributed by atoms with E-state index in [1.165, 1.54) is 0 Å². The molecule has 8 heteroatoms. The lowest BCUT2D eigenvalue weighted by molar-refractivity contribution is 0.0536. The van der Waals surface area contributed by atoms with Crippen LogP contribution in [0, 0.1) is 0 Å². The molecule has 5 rings (SSSR count). The van der Waals surface area contributed by atoms with E-state index in [0.717, 1.165) is 48.3 Å². The number of rotatable bonds is 6. The molecule has 2 aromatic carbocycles. The maximum Gasteiger partial charge on any atom is 0.326 e. The molecule has 0 radical (unpaired) electrons. The summed E-state index contributed by atoms with van der Waals surface area (Å²) >= 11 is 3.72. The number of benzene rings is 2. The van der Waals surface area contributed by atoms with Crippen LogP contribution in [0.1, 0.15) is 43.1 Å². The zero-order chi connectivity index (χ0) is 23.2. The highest BCUT2D eigenvalue weighted by molar-refractivity contribution is 9.09. The molecule has 0 aliphatic carbocycles. The topological polar surface area (TPSA) is 79.7 Å². The number of β-amino-alcohol motifs (C(OH)–C–C–N with tert-alkyl or cyclic N) is 1. The predicted molar refractivity (Wildman–Crippen MR) is 132 cm³/mol. The van der Waals surface area contributed by atoms with Gasteiger partial charge in [-0.25, -0.2) is 4.79 Å². The fourth-order valence-electron chi connectivity index (χ4n) is 4.98. The van der Waals surface area contributed by atoms with Crippen molar-refractivity contribution in [1.29, 1.82) is 0 Å². The number of aliphatic hydroxyl groups is 1. The average Bonchev–Trinajstić information content (AvgIpc) is 3.25. The van der Waals surface area contributed by atoms with Gasteiger partial charge in [0.1, 0.15) is 18.3 Å². The van der Waals surface area contributed by atoms with Gasteiger partial charge in [0.2, 0.25) is 0 Å². The van der Waals surface area contributed by atoms with Gasteiger partial charge in [0, 0.05) is 31.2 Å². The molecule has 7 nitrogen and oxygen atoms in total. The molecule has 3 heterocycles. The van der Waals surface area contributed by atoms with Crippen LogP contribution in [0.25, 0.3) is 11.0 Å². The minimum atomic E-state index is -0.609. The van der Waals surface area contributed by atoms with Crippen molar-refractivity contribution in [2.24, 2.45) is 0 Å². The number of para-hydroxylation sites is 3. The molecule has 2 N–H and O–H groups in total. The Labute approximate surface area is 201 Å². The number of aromatic amines is 1. The third-order valence-corrected chi connectivity index (χ3v) is 8.30. The van der Waals surface area contributed by atoms with E-state index in [0.29, 0.717) is 12.3 Å². The van der Waals surface area contributed by atoms with E-state index in [1.54, 1.807) is 0 Å². The zero-order valence-electron chi connectivity index (χ0n) is 19.0. The number of imidazole rings is 1. The largest absolute Gasteiger partial charge is 0.487 e. The molecule has 2 atom stereocenters. The fourth-order valence-corrected chi connectivity index (χ4v) is 5.43. The average molecular weight is 516 g/mol. The first-order valence-electron chi connectivity index (χ1n) is 11.5. The van der Waals surface area contributed by atoms with Crippen molar-refractivity contribution in [3.63, 3.8) is 0 Å². The fraction of sp³-hybridized carbons (Fsp3) is 0.480. The summed E-state index contributed by atoms with van der Waals surface area (Å²) in [7, 11) is 0. The van der Waals surface area contributed by atoms with Gasteiger partial charge in [-0.2, -0.15) is 0 Å². The third-order valence-electron chi connectivity index (χ3n) is 6.70. The molecule has 176 valence electrons. The minimum absolute atomic E-state index is 0.0467. The monoisotopic (exact) mass is 515 g/mol. The quantitative estimate of drug-likeness (QED) is 0.484. The number of likely N-dealkylation sites (tertiary alicyclic amines) is 1. The Hall–Kier alpha value is -2.29. The number of aromatic nitrogens is 2. The van der Waals surface area contributed by atoms with Gasteiger partial charge in [0.25, 0.3) is 0 Å². The molecule has 1 aromatic heterocycles. The lowest BCUT2D eigenvalue weighted by Gasteiger charge is -2.33. The molecule has 0 saturated carbocycles. The summed E-state index contributed by atoms with van der Waals surface area (Å²) in [5.74, 6) is 1.42. The van der Waals surface area contributed by atoms with Gasteiger partial charge >= 0.3 is 5.69 Å². The number of nitrogens with zero attached hydrogens (tertiary/aromatic N) is 2. The molecule has 2 aliphatic heterocycles. The molecule has 33 heavy (non-hydrogen) atoms. The smallest absolute Gasteiger partial charge is 0.326 e. The molecule has 0 amide bonds. The standard InChI is InChI=1S/C25H30BrN3O4/c1-25(2)23(26)18-6-5-9-21(22(18)33-25)32-15-17(30)14-28-12-10-16(11-13-28)29-20-8-4-3-7-19(20)27-24(29)31/h3-9,16-17,23,30H,10-15H2,1-2H3,(H,27,31). The highest BCUT2D eigenvalue weighted by Crippen LogP contribution is 2.51. The third kappa shape index (κ3) is 4.32. The van der Waals surface area contributed by atoms with Crippen molar-refractivity contribution in [2.75, 3.05) is 26.2 Å². The number of ether oxygens (including phenoxy) is 2. The summed E-state index contributed by atoms with van der Waals surface area (Å²) in [4.78, 5) is 17.8. The number of alkyl halides is 1. The second-order valence-electron chi connectivity index (χ2n) is 9.56. The summed E-state index contributed by atoms with van der Waals surface area (Å²) in [5, 5.41) is 10.6. The Morgan fingerprint density at radius 3 is 2.76 bits per heavy atom. The van der Waals surface area contributed by atoms with Crippen LogP contribution in [0.5, 0.6) is 11.5 Å². The predicted octanol–water partition coefficient (Wildman–Crippen LogP) is 4.01. The van der Waals surface area contributed by atoms with Crippen molar-refractivity contribution < 1.29 is 14.6 Å². The van der Waals surface area contributed by atoms with Crippen LogP contribution in [0.3, 0.4) is 0 Å². The van der Waals surface area contributed by atoms with Gasteiger partial charge in [0.05, 0.1) is 15.9 Å². The number of hydrogen-bond donors (Lipinski definition) is 2. The van der Waals surface area contributed by atoms with Crippen molar-refractivity contribution in [3.8, 4) is 11.5 Å². The molecule has 0 spiro atoms. The molecular formula is C25H30BrN3O4. The summed E-state index contributed by atoms with van der Waals surface area (Å²) < 4.78 is 14.0. The molecule has 2 unspecified atom stereocenters. The second kappa shape index (κ2) is 8.81. The summed E-state index contributed by atoms with van der Waals surface area (Å²) in [6.45, 7) is 6.49. The van der Waals surface area contributed by atoms with E-state index in [9.17, 15) is 9.90 Å². The SMILES string of the molecule is CC1(C)Oc2c(OCC(O)CN3CCC(n4c(=O)[nH]c5ccccc54)CC3)cccc2C1Br. The van der Waals surface area contributed by atoms with E-state index in [4.69, 9.17) is 9.47 Å². The number of piperidine rings is 1. The Bertz CT molecular complexity index is 1200.